The number of fused-ring (bicyclic) bond motifs is 1. The van der Waals surface area contributed by atoms with Crippen LogP contribution in [0.25, 0.3) is 33.0 Å². The van der Waals surface area contributed by atoms with E-state index in [2.05, 4.69) is 5.32 Å². The number of aromatic carboxylic acids is 1. The maximum atomic E-state index is 13.1. The number of carbonyl (C=O) groups excluding carboxylic acids is 2. The van der Waals surface area contributed by atoms with Crippen molar-refractivity contribution in [1.82, 2.24) is 10.2 Å². The van der Waals surface area contributed by atoms with Crippen molar-refractivity contribution in [1.29, 1.82) is 0 Å². The van der Waals surface area contributed by atoms with E-state index in [1.165, 1.54) is 12.1 Å². The lowest BCUT2D eigenvalue weighted by molar-refractivity contribution is -0.137. The number of halogens is 3. The van der Waals surface area contributed by atoms with Gasteiger partial charge in [-0.3, -0.25) is 4.79 Å². The van der Waals surface area contributed by atoms with Gasteiger partial charge in [0, 0.05) is 19.6 Å². The number of piperidine rings is 1. The van der Waals surface area contributed by atoms with Crippen LogP contribution in [0, 0.1) is 0 Å². The number of alkyl carbamates (subject to hydrolysis) is 1. The minimum Gasteiger partial charge on any atom is -0.478 e. The molecular formula is C39H41F3N2O6. The Bertz CT molecular complexity index is 1820. The van der Waals surface area contributed by atoms with Crippen molar-refractivity contribution >= 4 is 28.7 Å². The van der Waals surface area contributed by atoms with Gasteiger partial charge in [-0.05, 0) is 108 Å². The van der Waals surface area contributed by atoms with E-state index in [0.717, 1.165) is 47.1 Å². The fraction of sp³-hybridized carbons (Fsp3) is 0.359. The van der Waals surface area contributed by atoms with Gasteiger partial charge in [-0.1, -0.05) is 48.5 Å². The number of benzene rings is 4. The van der Waals surface area contributed by atoms with E-state index in [4.69, 9.17) is 9.47 Å². The van der Waals surface area contributed by atoms with Crippen molar-refractivity contribution in [3.8, 4) is 22.3 Å². The predicted octanol–water partition coefficient (Wildman–Crippen LogP) is 8.53. The van der Waals surface area contributed by atoms with Crippen LogP contribution in [0.4, 0.5) is 18.0 Å². The smallest absolute Gasteiger partial charge is 0.416 e. The Morgan fingerprint density at radius 2 is 1.48 bits per heavy atom. The zero-order valence-electron chi connectivity index (χ0n) is 28.3. The lowest BCUT2D eigenvalue weighted by Gasteiger charge is -2.32. The Labute approximate surface area is 289 Å². The molecule has 0 spiro atoms. The minimum atomic E-state index is -4.43. The van der Waals surface area contributed by atoms with Gasteiger partial charge in [0.25, 0.3) is 0 Å². The molecule has 0 unspecified atom stereocenters. The molecule has 1 fully saturated rings. The van der Waals surface area contributed by atoms with Crippen LogP contribution in [0.5, 0.6) is 0 Å². The van der Waals surface area contributed by atoms with E-state index in [1.807, 2.05) is 41.3 Å². The number of nitrogens with zero attached hydrogens (tertiary/aromatic N) is 1. The van der Waals surface area contributed by atoms with E-state index in [-0.39, 0.29) is 37.0 Å². The van der Waals surface area contributed by atoms with Crippen molar-refractivity contribution in [2.24, 2.45) is 0 Å². The fourth-order valence-corrected chi connectivity index (χ4v) is 6.12. The van der Waals surface area contributed by atoms with Crippen LogP contribution in [0.1, 0.15) is 67.4 Å². The molecule has 4 aromatic rings. The Balaban J connectivity index is 1.18. The van der Waals surface area contributed by atoms with Crippen LogP contribution < -0.4 is 5.32 Å². The molecule has 1 aliphatic heterocycles. The van der Waals surface area contributed by atoms with Gasteiger partial charge in [0.1, 0.15) is 5.60 Å². The molecule has 0 saturated carbocycles. The largest absolute Gasteiger partial charge is 0.478 e. The van der Waals surface area contributed by atoms with Crippen molar-refractivity contribution in [2.45, 2.75) is 57.7 Å². The summed E-state index contributed by atoms with van der Waals surface area (Å²) in [6.45, 7) is 7.48. The highest BCUT2D eigenvalue weighted by atomic mass is 19.4. The van der Waals surface area contributed by atoms with E-state index in [1.54, 1.807) is 39.0 Å². The monoisotopic (exact) mass is 690 g/mol. The summed E-state index contributed by atoms with van der Waals surface area (Å²) in [6.07, 6.45) is -3.04. The fourth-order valence-electron chi connectivity index (χ4n) is 6.12. The molecule has 1 heterocycles. The first kappa shape index (κ1) is 36.4. The number of likely N-dealkylation sites (tertiary alicyclic amines) is 1. The van der Waals surface area contributed by atoms with E-state index in [0.29, 0.717) is 36.1 Å². The van der Waals surface area contributed by atoms with Crippen LogP contribution in [0.2, 0.25) is 0 Å². The van der Waals surface area contributed by atoms with Gasteiger partial charge in [-0.25, -0.2) is 9.59 Å². The third-order valence-corrected chi connectivity index (χ3v) is 8.66. The molecule has 11 heteroatoms. The predicted molar refractivity (Wildman–Crippen MR) is 185 cm³/mol. The van der Waals surface area contributed by atoms with Gasteiger partial charge in [0.2, 0.25) is 5.91 Å². The average Bonchev–Trinajstić information content (AvgIpc) is 3.08. The summed E-state index contributed by atoms with van der Waals surface area (Å²) in [6, 6.07) is 21.7. The summed E-state index contributed by atoms with van der Waals surface area (Å²) in [7, 11) is 0. The third kappa shape index (κ3) is 9.41. The highest BCUT2D eigenvalue weighted by Crippen LogP contribution is 2.36. The number of carboxylic acid groups (broad SMARTS) is 1. The zero-order chi connectivity index (χ0) is 36.1. The molecule has 8 nitrogen and oxygen atoms in total. The number of alkyl halides is 3. The number of rotatable bonds is 10. The molecule has 0 bridgehead atoms. The minimum absolute atomic E-state index is 0.0329. The summed E-state index contributed by atoms with van der Waals surface area (Å²) in [5.41, 5.74) is 2.82. The van der Waals surface area contributed by atoms with Crippen molar-refractivity contribution in [3.05, 3.63) is 95.6 Å². The molecule has 5 rings (SSSR count). The second kappa shape index (κ2) is 15.3. The Kier molecular flexibility index (Phi) is 11.2. The second-order valence-corrected chi connectivity index (χ2v) is 13.4. The summed E-state index contributed by atoms with van der Waals surface area (Å²) >= 11 is 0. The van der Waals surface area contributed by atoms with Crippen LogP contribution in [0.3, 0.4) is 0 Å². The number of carbonyl (C=O) groups is 3. The average molecular weight is 691 g/mol. The first-order valence-corrected chi connectivity index (χ1v) is 16.6. The number of carboxylic acids is 1. The van der Waals surface area contributed by atoms with Crippen LogP contribution >= 0.6 is 0 Å². The highest BCUT2D eigenvalue weighted by Gasteiger charge is 2.30. The van der Waals surface area contributed by atoms with Gasteiger partial charge in [-0.2, -0.15) is 13.2 Å². The quantitative estimate of drug-likeness (QED) is 0.162. The van der Waals surface area contributed by atoms with Gasteiger partial charge in [0.15, 0.2) is 0 Å². The molecule has 2 N–H and O–H groups in total. The molecular weight excluding hydrogens is 649 g/mol. The Morgan fingerprint density at radius 1 is 0.840 bits per heavy atom. The van der Waals surface area contributed by atoms with Gasteiger partial charge in [-0.15, -0.1) is 0 Å². The molecule has 264 valence electrons. The Morgan fingerprint density at radius 3 is 2.10 bits per heavy atom. The number of hydrogen-bond acceptors (Lipinski definition) is 5. The van der Waals surface area contributed by atoms with E-state index < -0.39 is 29.4 Å². The summed E-state index contributed by atoms with van der Waals surface area (Å²) in [5, 5.41) is 14.0. The molecule has 50 heavy (non-hydrogen) atoms. The maximum Gasteiger partial charge on any atom is 0.416 e. The number of ether oxygens (including phenoxy) is 2. The van der Waals surface area contributed by atoms with Crippen LogP contribution in [-0.2, 0) is 20.4 Å². The molecule has 0 atom stereocenters. The molecule has 4 aromatic carbocycles. The second-order valence-electron chi connectivity index (χ2n) is 13.4. The normalized spacial score (nSPS) is 14.1. The van der Waals surface area contributed by atoms with Crippen molar-refractivity contribution in [3.63, 3.8) is 0 Å². The lowest BCUT2D eigenvalue weighted by atomic mass is 9.87. The van der Waals surface area contributed by atoms with Crippen LogP contribution in [0.15, 0.2) is 78.9 Å². The lowest BCUT2D eigenvalue weighted by Crippen LogP contribution is -2.38. The molecule has 0 radical (unpaired) electrons. The topological polar surface area (TPSA) is 105 Å². The van der Waals surface area contributed by atoms with Gasteiger partial charge in [0.05, 0.1) is 30.8 Å². The Hall–Kier alpha value is -4.90. The number of amides is 2. The molecule has 2 amide bonds. The molecule has 1 saturated heterocycles. The van der Waals surface area contributed by atoms with Gasteiger partial charge < -0.3 is 24.8 Å². The molecule has 0 aliphatic carbocycles. The molecule has 1 aliphatic rings. The van der Waals surface area contributed by atoms with Crippen molar-refractivity contribution in [2.75, 3.05) is 32.8 Å². The number of hydrogen-bond donors (Lipinski definition) is 2. The standard InChI is InChI=1S/C39H41F3N2O6/c1-38(2,3)50-37(48)43-17-21-49-20-16-35(45)44-18-14-27(15-19-44)25-4-6-28(7-5-25)34-24-31(36(46)47)23-30-22-29(10-13-33(30)34)26-8-11-32(12-9-26)39(40,41)42/h4-13,22-24,27H,14-21H2,1-3H3,(H,43,48)(H,46,47). The number of nitrogens with one attached hydrogen (secondary N) is 1. The SMILES string of the molecule is CC(C)(C)OC(=O)NCCOCCC(=O)N1CCC(c2ccc(-c3cc(C(=O)O)cc4cc(-c5ccc(C(F)(F)F)cc5)ccc34)cc2)CC1. The zero-order valence-corrected chi connectivity index (χ0v) is 28.3. The van der Waals surface area contributed by atoms with E-state index in [9.17, 15) is 32.7 Å². The highest BCUT2D eigenvalue weighted by molar-refractivity contribution is 6.04. The summed E-state index contributed by atoms with van der Waals surface area (Å²) in [4.78, 5) is 38.3. The third-order valence-electron chi connectivity index (χ3n) is 8.66. The summed E-state index contributed by atoms with van der Waals surface area (Å²) in [5.74, 6) is -0.769. The van der Waals surface area contributed by atoms with Crippen molar-refractivity contribution < 1.29 is 42.1 Å². The van der Waals surface area contributed by atoms with Gasteiger partial charge >= 0.3 is 18.2 Å². The van der Waals surface area contributed by atoms with Crippen LogP contribution in [-0.4, -0.2) is 66.4 Å². The first-order chi connectivity index (χ1) is 23.7. The first-order valence-electron chi connectivity index (χ1n) is 16.6. The maximum absolute atomic E-state index is 13.1. The summed E-state index contributed by atoms with van der Waals surface area (Å²) < 4.78 is 49.9. The van der Waals surface area contributed by atoms with E-state index >= 15 is 0 Å². The molecule has 0 aromatic heterocycles.